The molecule has 17 heavy (non-hydrogen) atoms. The minimum Gasteiger partial charge on any atom is -0.320 e. The first kappa shape index (κ1) is 12.3. The summed E-state index contributed by atoms with van der Waals surface area (Å²) in [6, 6.07) is 10.5. The molecular weight excluding hydrogens is 228 g/mol. The summed E-state index contributed by atoms with van der Waals surface area (Å²) < 4.78 is 0. The quantitative estimate of drug-likeness (QED) is 0.870. The molecule has 1 aromatic carbocycles. The van der Waals surface area contributed by atoms with Crippen molar-refractivity contribution in [2.75, 3.05) is 7.05 Å². The lowest BCUT2D eigenvalue weighted by Gasteiger charge is -2.15. The summed E-state index contributed by atoms with van der Waals surface area (Å²) in [7, 11) is 1.96. The van der Waals surface area contributed by atoms with Gasteiger partial charge in [-0.25, -0.2) is 0 Å². The Kier molecular flexibility index (Phi) is 3.94. The number of nitrogens with one attached hydrogen (secondary N) is 1. The first-order chi connectivity index (χ1) is 8.22. The summed E-state index contributed by atoms with van der Waals surface area (Å²) >= 11 is 1.73. The molecule has 2 aromatic rings. The molecule has 3 N–H and O–H groups in total. The van der Waals surface area contributed by atoms with Gasteiger partial charge in [-0.1, -0.05) is 24.3 Å². The van der Waals surface area contributed by atoms with Gasteiger partial charge < -0.3 is 11.1 Å². The Labute approximate surface area is 106 Å². The first-order valence-corrected chi connectivity index (χ1v) is 6.63. The fourth-order valence-electron chi connectivity index (χ4n) is 1.96. The monoisotopic (exact) mass is 246 g/mol. The third-order valence-corrected chi connectivity index (χ3v) is 3.95. The van der Waals surface area contributed by atoms with Crippen molar-refractivity contribution in [3.8, 4) is 0 Å². The van der Waals surface area contributed by atoms with Gasteiger partial charge in [-0.05, 0) is 42.1 Å². The second-order valence-electron chi connectivity index (χ2n) is 4.23. The summed E-state index contributed by atoms with van der Waals surface area (Å²) in [5.74, 6) is 0. The van der Waals surface area contributed by atoms with E-state index < -0.39 is 0 Å². The van der Waals surface area contributed by atoms with Crippen LogP contribution < -0.4 is 11.1 Å². The molecule has 2 rings (SSSR count). The SMILES string of the molecule is CNCc1ccccc1C(N)c1cc(C)cs1. The minimum atomic E-state index is -0.0155. The van der Waals surface area contributed by atoms with Gasteiger partial charge in [0, 0.05) is 11.4 Å². The third-order valence-electron chi connectivity index (χ3n) is 2.81. The van der Waals surface area contributed by atoms with Gasteiger partial charge >= 0.3 is 0 Å². The first-order valence-electron chi connectivity index (χ1n) is 5.75. The lowest BCUT2D eigenvalue weighted by Crippen LogP contribution is -2.15. The highest BCUT2D eigenvalue weighted by Crippen LogP contribution is 2.27. The van der Waals surface area contributed by atoms with Crippen molar-refractivity contribution in [1.29, 1.82) is 0 Å². The molecule has 0 bridgehead atoms. The van der Waals surface area contributed by atoms with Gasteiger partial charge in [-0.2, -0.15) is 0 Å². The Morgan fingerprint density at radius 1 is 1.35 bits per heavy atom. The molecule has 0 saturated carbocycles. The number of aryl methyl sites for hydroxylation is 1. The highest BCUT2D eigenvalue weighted by atomic mass is 32.1. The van der Waals surface area contributed by atoms with Gasteiger partial charge in [-0.3, -0.25) is 0 Å². The van der Waals surface area contributed by atoms with E-state index in [9.17, 15) is 0 Å². The van der Waals surface area contributed by atoms with E-state index in [1.807, 2.05) is 7.05 Å². The van der Waals surface area contributed by atoms with Crippen LogP contribution in [0.25, 0.3) is 0 Å². The lowest BCUT2D eigenvalue weighted by molar-refractivity contribution is 0.783. The summed E-state index contributed by atoms with van der Waals surface area (Å²) in [6.45, 7) is 2.96. The fraction of sp³-hybridized carbons (Fsp3) is 0.286. The third kappa shape index (κ3) is 2.75. The van der Waals surface area contributed by atoms with E-state index in [0.717, 1.165) is 6.54 Å². The van der Waals surface area contributed by atoms with E-state index in [4.69, 9.17) is 5.73 Å². The molecule has 0 aliphatic rings. The van der Waals surface area contributed by atoms with Crippen LogP contribution in [-0.2, 0) is 6.54 Å². The molecule has 0 fully saturated rings. The largest absolute Gasteiger partial charge is 0.320 e. The number of rotatable bonds is 4. The smallest absolute Gasteiger partial charge is 0.0649 e. The average molecular weight is 246 g/mol. The molecule has 0 saturated heterocycles. The van der Waals surface area contributed by atoms with Crippen LogP contribution in [-0.4, -0.2) is 7.05 Å². The zero-order valence-electron chi connectivity index (χ0n) is 10.2. The van der Waals surface area contributed by atoms with Crippen LogP contribution in [0.1, 0.15) is 27.6 Å². The number of hydrogen-bond acceptors (Lipinski definition) is 3. The van der Waals surface area contributed by atoms with E-state index in [1.54, 1.807) is 11.3 Å². The van der Waals surface area contributed by atoms with Gasteiger partial charge in [0.05, 0.1) is 6.04 Å². The summed E-state index contributed by atoms with van der Waals surface area (Å²) in [6.07, 6.45) is 0. The van der Waals surface area contributed by atoms with Crippen LogP contribution in [0.3, 0.4) is 0 Å². The van der Waals surface area contributed by atoms with E-state index >= 15 is 0 Å². The van der Waals surface area contributed by atoms with E-state index in [1.165, 1.54) is 21.6 Å². The number of benzene rings is 1. The Bertz CT molecular complexity index is 490. The molecule has 0 spiro atoms. The van der Waals surface area contributed by atoms with Gasteiger partial charge in [0.25, 0.3) is 0 Å². The highest BCUT2D eigenvalue weighted by molar-refractivity contribution is 7.10. The molecule has 0 amide bonds. The summed E-state index contributed by atoms with van der Waals surface area (Å²) in [5, 5.41) is 5.33. The molecule has 1 unspecified atom stereocenters. The summed E-state index contributed by atoms with van der Waals surface area (Å²) in [4.78, 5) is 1.23. The lowest BCUT2D eigenvalue weighted by atomic mass is 9.99. The predicted molar refractivity (Wildman–Crippen MR) is 74.3 cm³/mol. The molecule has 90 valence electrons. The van der Waals surface area contributed by atoms with Crippen molar-refractivity contribution in [3.63, 3.8) is 0 Å². The molecule has 1 heterocycles. The minimum absolute atomic E-state index is 0.0155. The van der Waals surface area contributed by atoms with Gasteiger partial charge in [-0.15, -0.1) is 11.3 Å². The zero-order valence-corrected chi connectivity index (χ0v) is 11.1. The number of thiophene rings is 1. The van der Waals surface area contributed by atoms with E-state index in [0.29, 0.717) is 0 Å². The van der Waals surface area contributed by atoms with Gasteiger partial charge in [0.2, 0.25) is 0 Å². The second kappa shape index (κ2) is 5.45. The van der Waals surface area contributed by atoms with Crippen molar-refractivity contribution in [1.82, 2.24) is 5.32 Å². The van der Waals surface area contributed by atoms with Crippen LogP contribution in [0.2, 0.25) is 0 Å². The Balaban J connectivity index is 2.33. The fourth-order valence-corrected chi connectivity index (χ4v) is 2.88. The topological polar surface area (TPSA) is 38.0 Å². The van der Waals surface area contributed by atoms with Crippen molar-refractivity contribution >= 4 is 11.3 Å². The molecule has 2 nitrogen and oxygen atoms in total. The van der Waals surface area contributed by atoms with Crippen LogP contribution in [0, 0.1) is 6.92 Å². The number of hydrogen-bond donors (Lipinski definition) is 2. The summed E-state index contributed by atoms with van der Waals surface area (Å²) in [5.41, 5.74) is 10.1. The maximum Gasteiger partial charge on any atom is 0.0649 e. The Hall–Kier alpha value is -1.16. The second-order valence-corrected chi connectivity index (χ2v) is 5.18. The van der Waals surface area contributed by atoms with Crippen LogP contribution in [0.5, 0.6) is 0 Å². The highest BCUT2D eigenvalue weighted by Gasteiger charge is 2.13. The van der Waals surface area contributed by atoms with Crippen molar-refractivity contribution in [3.05, 3.63) is 57.3 Å². The predicted octanol–water partition coefficient (Wildman–Crippen LogP) is 2.82. The molecule has 1 aromatic heterocycles. The van der Waals surface area contributed by atoms with E-state index in [-0.39, 0.29) is 6.04 Å². The molecule has 0 aliphatic carbocycles. The van der Waals surface area contributed by atoms with Crippen LogP contribution in [0.4, 0.5) is 0 Å². The maximum absolute atomic E-state index is 6.34. The normalized spacial score (nSPS) is 12.6. The Morgan fingerprint density at radius 3 is 2.76 bits per heavy atom. The standard InChI is InChI=1S/C14H18N2S/c1-10-7-13(17-9-10)14(15)12-6-4-3-5-11(12)8-16-2/h3-7,9,14,16H,8,15H2,1-2H3. The van der Waals surface area contributed by atoms with Crippen molar-refractivity contribution in [2.45, 2.75) is 19.5 Å². The van der Waals surface area contributed by atoms with Gasteiger partial charge in [0.15, 0.2) is 0 Å². The maximum atomic E-state index is 6.34. The molecule has 3 heteroatoms. The average Bonchev–Trinajstić information content (AvgIpc) is 2.76. The molecule has 1 atom stereocenters. The van der Waals surface area contributed by atoms with Gasteiger partial charge in [0.1, 0.15) is 0 Å². The van der Waals surface area contributed by atoms with Crippen LogP contribution >= 0.6 is 11.3 Å². The van der Waals surface area contributed by atoms with E-state index in [2.05, 4.69) is 48.0 Å². The van der Waals surface area contributed by atoms with Crippen molar-refractivity contribution in [2.24, 2.45) is 5.73 Å². The molecular formula is C14H18N2S. The van der Waals surface area contributed by atoms with Crippen molar-refractivity contribution < 1.29 is 0 Å². The zero-order chi connectivity index (χ0) is 12.3. The molecule has 0 aliphatic heterocycles. The molecule has 0 radical (unpaired) electrons. The van der Waals surface area contributed by atoms with Crippen LogP contribution in [0.15, 0.2) is 35.7 Å². The Morgan fingerprint density at radius 2 is 2.12 bits per heavy atom. The number of nitrogens with two attached hydrogens (primary N) is 1.